The second-order valence-electron chi connectivity index (χ2n) is 11.8. The molecular weight excluding hydrogens is 414 g/mol. The lowest BCUT2D eigenvalue weighted by molar-refractivity contribution is 0.0529. The summed E-state index contributed by atoms with van der Waals surface area (Å²) in [5, 5.41) is 0. The molecule has 0 saturated carbocycles. The molecule has 176 valence electrons. The summed E-state index contributed by atoms with van der Waals surface area (Å²) >= 11 is 0. The van der Waals surface area contributed by atoms with E-state index in [4.69, 9.17) is 4.99 Å². The molecule has 0 bridgehead atoms. The summed E-state index contributed by atoms with van der Waals surface area (Å²) in [6.07, 6.45) is 0. The Morgan fingerprint density at radius 2 is 0.941 bits per heavy atom. The van der Waals surface area contributed by atoms with E-state index in [-0.39, 0.29) is 22.2 Å². The van der Waals surface area contributed by atoms with Gasteiger partial charge in [-0.2, -0.15) is 0 Å². The summed E-state index contributed by atoms with van der Waals surface area (Å²) in [6, 6.07) is 28.4. The third-order valence-corrected chi connectivity index (χ3v) is 8.90. The fourth-order valence-corrected chi connectivity index (χ4v) is 5.58. The number of guanidine groups is 1. The van der Waals surface area contributed by atoms with Crippen LogP contribution in [0.4, 0.5) is 5.69 Å². The molecule has 1 saturated heterocycles. The molecule has 0 N–H and O–H groups in total. The van der Waals surface area contributed by atoms with E-state index in [1.807, 2.05) is 0 Å². The van der Waals surface area contributed by atoms with Crippen LogP contribution in [0.15, 0.2) is 83.9 Å². The summed E-state index contributed by atoms with van der Waals surface area (Å²) in [5.74, 6) is 1.09. The quantitative estimate of drug-likeness (QED) is 0.408. The number of hydrogen-bond acceptors (Lipinski definition) is 3. The number of rotatable bonds is 3. The molecule has 2 heterocycles. The lowest BCUT2D eigenvalue weighted by Crippen LogP contribution is -2.62. The van der Waals surface area contributed by atoms with Crippen LogP contribution in [0.3, 0.4) is 0 Å². The molecule has 2 aliphatic heterocycles. The van der Waals surface area contributed by atoms with Crippen LogP contribution in [0.2, 0.25) is 0 Å². The van der Waals surface area contributed by atoms with Crippen LogP contribution in [0.25, 0.3) is 22.3 Å². The Morgan fingerprint density at radius 3 is 1.44 bits per heavy atom. The first kappa shape index (κ1) is 22.7. The van der Waals surface area contributed by atoms with Gasteiger partial charge < -0.3 is 9.80 Å². The van der Waals surface area contributed by atoms with Crippen molar-refractivity contribution >= 4 is 11.6 Å². The first-order chi connectivity index (χ1) is 15.9. The van der Waals surface area contributed by atoms with Crippen molar-refractivity contribution in [3.05, 3.63) is 78.9 Å². The lowest BCUT2D eigenvalue weighted by Gasteiger charge is -2.50. The van der Waals surface area contributed by atoms with Crippen molar-refractivity contribution in [1.29, 1.82) is 0 Å². The van der Waals surface area contributed by atoms with Gasteiger partial charge in [-0.3, -0.25) is 0 Å². The Labute approximate surface area is 205 Å². The summed E-state index contributed by atoms with van der Waals surface area (Å²) in [4.78, 5) is 10.3. The zero-order chi connectivity index (χ0) is 24.5. The fourth-order valence-electron chi connectivity index (χ4n) is 5.58. The second kappa shape index (κ2) is 7.21. The standard InChI is InChI=1S/C31H37N3/c1-28(2)29(3,4)34-27(32-28)33(30(5,6)31(34,7)8)26-20-18-25(19-21-26)24-16-14-23(15-17-24)22-12-10-9-11-13-22/h9-21H,1-8H3. The van der Waals surface area contributed by atoms with E-state index in [1.165, 1.54) is 27.9 Å². The molecule has 0 radical (unpaired) electrons. The molecule has 1 fully saturated rings. The molecular formula is C31H37N3. The molecule has 2 aliphatic rings. The molecule has 34 heavy (non-hydrogen) atoms. The van der Waals surface area contributed by atoms with Crippen LogP contribution in [0.5, 0.6) is 0 Å². The molecule has 0 spiro atoms. The summed E-state index contributed by atoms with van der Waals surface area (Å²) in [6.45, 7) is 18.5. The number of aliphatic imine (C=N–C) groups is 1. The van der Waals surface area contributed by atoms with Crippen molar-refractivity contribution in [2.45, 2.75) is 77.5 Å². The van der Waals surface area contributed by atoms with Gasteiger partial charge in [-0.15, -0.1) is 0 Å². The van der Waals surface area contributed by atoms with Gasteiger partial charge in [0.05, 0.1) is 22.2 Å². The minimum Gasteiger partial charge on any atom is -0.327 e. The number of anilines is 1. The van der Waals surface area contributed by atoms with Crippen LogP contribution in [-0.4, -0.2) is 33.0 Å². The van der Waals surface area contributed by atoms with Crippen molar-refractivity contribution in [3.8, 4) is 22.3 Å². The van der Waals surface area contributed by atoms with Gasteiger partial charge in [0.1, 0.15) is 0 Å². The van der Waals surface area contributed by atoms with Gasteiger partial charge in [0.25, 0.3) is 0 Å². The predicted octanol–water partition coefficient (Wildman–Crippen LogP) is 7.63. The SMILES string of the molecule is CC1(C)N=C2N(c3ccc(-c4ccc(-c5ccccc5)cc4)cc3)C(C)(C)C(C)(C)N2C1(C)C. The first-order valence-corrected chi connectivity index (χ1v) is 12.3. The van der Waals surface area contributed by atoms with Gasteiger partial charge in [0.15, 0.2) is 0 Å². The van der Waals surface area contributed by atoms with E-state index in [2.05, 4.69) is 144 Å². The third-order valence-electron chi connectivity index (χ3n) is 8.90. The van der Waals surface area contributed by atoms with Gasteiger partial charge in [-0.25, -0.2) is 4.99 Å². The second-order valence-corrected chi connectivity index (χ2v) is 11.8. The highest BCUT2D eigenvalue weighted by molar-refractivity contribution is 6.03. The molecule has 0 aromatic heterocycles. The highest BCUT2D eigenvalue weighted by Gasteiger charge is 2.65. The fraction of sp³-hybridized carbons (Fsp3) is 0.387. The number of benzene rings is 3. The van der Waals surface area contributed by atoms with Crippen LogP contribution in [0.1, 0.15) is 55.4 Å². The van der Waals surface area contributed by atoms with E-state index in [1.54, 1.807) is 0 Å². The number of nitrogens with zero attached hydrogens (tertiary/aromatic N) is 3. The van der Waals surface area contributed by atoms with Gasteiger partial charge >= 0.3 is 0 Å². The molecule has 0 atom stereocenters. The van der Waals surface area contributed by atoms with Crippen molar-refractivity contribution < 1.29 is 0 Å². The van der Waals surface area contributed by atoms with Crippen LogP contribution < -0.4 is 4.90 Å². The van der Waals surface area contributed by atoms with E-state index in [9.17, 15) is 0 Å². The maximum atomic E-state index is 5.27. The first-order valence-electron chi connectivity index (χ1n) is 12.3. The minimum atomic E-state index is -0.158. The molecule has 3 heteroatoms. The molecule has 3 aromatic carbocycles. The van der Waals surface area contributed by atoms with Crippen molar-refractivity contribution in [3.63, 3.8) is 0 Å². The van der Waals surface area contributed by atoms with Gasteiger partial charge in [-0.05, 0) is 89.8 Å². The van der Waals surface area contributed by atoms with Crippen LogP contribution in [0, 0.1) is 0 Å². The van der Waals surface area contributed by atoms with E-state index in [0.717, 1.165) is 5.96 Å². The smallest absolute Gasteiger partial charge is 0.203 e. The van der Waals surface area contributed by atoms with E-state index < -0.39 is 0 Å². The van der Waals surface area contributed by atoms with Gasteiger partial charge in [-0.1, -0.05) is 66.7 Å². The number of fused-ring (bicyclic) bond motifs is 1. The monoisotopic (exact) mass is 451 g/mol. The average Bonchev–Trinajstić information content (AvgIpc) is 3.08. The Morgan fingerprint density at radius 1 is 0.500 bits per heavy atom. The summed E-state index contributed by atoms with van der Waals surface area (Å²) in [7, 11) is 0. The highest BCUT2D eigenvalue weighted by Crippen LogP contribution is 2.53. The zero-order valence-electron chi connectivity index (χ0n) is 21.8. The van der Waals surface area contributed by atoms with Crippen molar-refractivity contribution in [2.24, 2.45) is 4.99 Å². The zero-order valence-corrected chi connectivity index (χ0v) is 21.8. The predicted molar refractivity (Wildman–Crippen MR) is 145 cm³/mol. The lowest BCUT2D eigenvalue weighted by atomic mass is 9.76. The molecule has 0 aliphatic carbocycles. The minimum absolute atomic E-state index is 0.0711. The maximum absolute atomic E-state index is 5.27. The van der Waals surface area contributed by atoms with Crippen molar-refractivity contribution in [2.75, 3.05) is 4.90 Å². The molecule has 3 nitrogen and oxygen atoms in total. The number of hydrogen-bond donors (Lipinski definition) is 0. The van der Waals surface area contributed by atoms with E-state index in [0.29, 0.717) is 0 Å². The van der Waals surface area contributed by atoms with Crippen LogP contribution >= 0.6 is 0 Å². The topological polar surface area (TPSA) is 18.8 Å². The Balaban J connectivity index is 1.49. The Hall–Kier alpha value is -3.07. The average molecular weight is 452 g/mol. The van der Waals surface area contributed by atoms with Crippen molar-refractivity contribution in [1.82, 2.24) is 4.90 Å². The summed E-state index contributed by atoms with van der Waals surface area (Å²) < 4.78 is 0. The Kier molecular flexibility index (Phi) is 4.82. The van der Waals surface area contributed by atoms with Gasteiger partial charge in [0.2, 0.25) is 5.96 Å². The van der Waals surface area contributed by atoms with E-state index >= 15 is 0 Å². The van der Waals surface area contributed by atoms with Crippen LogP contribution in [-0.2, 0) is 0 Å². The molecule has 3 aromatic rings. The molecule has 0 amide bonds. The molecule has 5 rings (SSSR count). The Bertz CT molecular complexity index is 1230. The molecule has 0 unspecified atom stereocenters. The van der Waals surface area contributed by atoms with Gasteiger partial charge in [0, 0.05) is 5.69 Å². The highest BCUT2D eigenvalue weighted by atomic mass is 15.6. The third kappa shape index (κ3) is 3.06. The normalized spacial score (nSPS) is 21.4. The summed E-state index contributed by atoms with van der Waals surface area (Å²) in [5.41, 5.74) is 5.72. The largest absolute Gasteiger partial charge is 0.327 e. The maximum Gasteiger partial charge on any atom is 0.203 e.